The molecule has 1 unspecified atom stereocenters. The van der Waals surface area contributed by atoms with Crippen LogP contribution in [-0.2, 0) is 25.1 Å². The highest BCUT2D eigenvalue weighted by Crippen LogP contribution is 2.12. The van der Waals surface area contributed by atoms with E-state index in [0.29, 0.717) is 0 Å². The van der Waals surface area contributed by atoms with Gasteiger partial charge in [-0.05, 0) is 5.56 Å². The summed E-state index contributed by atoms with van der Waals surface area (Å²) < 4.78 is 32.9. The highest BCUT2D eigenvalue weighted by Gasteiger charge is 2.29. The van der Waals surface area contributed by atoms with Crippen LogP contribution in [0.25, 0.3) is 0 Å². The van der Waals surface area contributed by atoms with Crippen molar-refractivity contribution in [1.29, 1.82) is 0 Å². The first kappa shape index (κ1) is 11.9. The number of sulfone groups is 1. The molecule has 0 aromatic heterocycles. The lowest BCUT2D eigenvalue weighted by Crippen LogP contribution is -2.24. The van der Waals surface area contributed by atoms with Crippen LogP contribution in [0.1, 0.15) is 5.56 Å². The molecule has 1 aromatic rings. The van der Waals surface area contributed by atoms with E-state index in [9.17, 15) is 13.2 Å². The topological polar surface area (TPSA) is 69.7 Å². The van der Waals surface area contributed by atoms with E-state index in [-0.39, 0.29) is 18.1 Å². The average molecular weight is 256 g/mol. The van der Waals surface area contributed by atoms with E-state index in [2.05, 4.69) is 4.74 Å². The van der Waals surface area contributed by atoms with Gasteiger partial charge in [-0.25, -0.2) is 13.2 Å². The number of rotatable bonds is 4. The van der Waals surface area contributed by atoms with Crippen LogP contribution in [0.2, 0.25) is 0 Å². The molecule has 17 heavy (non-hydrogen) atoms. The van der Waals surface area contributed by atoms with Gasteiger partial charge >= 0.3 is 6.16 Å². The lowest BCUT2D eigenvalue weighted by molar-refractivity contribution is 0.122. The molecule has 5 nitrogen and oxygen atoms in total. The van der Waals surface area contributed by atoms with Gasteiger partial charge in [-0.3, -0.25) is 0 Å². The van der Waals surface area contributed by atoms with Gasteiger partial charge in [0.2, 0.25) is 0 Å². The summed E-state index contributed by atoms with van der Waals surface area (Å²) in [6, 6.07) is 8.87. The van der Waals surface area contributed by atoms with Crippen molar-refractivity contribution in [1.82, 2.24) is 0 Å². The predicted molar refractivity (Wildman–Crippen MR) is 60.2 cm³/mol. The Balaban J connectivity index is 1.98. The second kappa shape index (κ2) is 4.75. The molecular formula is C11H12O5S. The van der Waals surface area contributed by atoms with Crippen molar-refractivity contribution < 1.29 is 22.7 Å². The normalized spacial score (nSPS) is 19.8. The molecule has 1 aliphatic rings. The number of hydrogen-bond acceptors (Lipinski definition) is 5. The highest BCUT2D eigenvalue weighted by atomic mass is 32.2. The second-order valence-electron chi connectivity index (χ2n) is 3.84. The van der Waals surface area contributed by atoms with Gasteiger partial charge in [0, 0.05) is 0 Å². The largest absolute Gasteiger partial charge is 0.508 e. The Morgan fingerprint density at radius 3 is 2.53 bits per heavy atom. The van der Waals surface area contributed by atoms with Crippen LogP contribution in [0.4, 0.5) is 4.79 Å². The summed E-state index contributed by atoms with van der Waals surface area (Å²) in [7, 11) is -3.30. The van der Waals surface area contributed by atoms with E-state index in [0.717, 1.165) is 5.56 Å². The molecule has 1 aromatic carbocycles. The summed E-state index contributed by atoms with van der Waals surface area (Å²) >= 11 is 0. The molecule has 1 aliphatic heterocycles. The first-order valence-electron chi connectivity index (χ1n) is 5.13. The average Bonchev–Trinajstić information content (AvgIpc) is 2.63. The van der Waals surface area contributed by atoms with Crippen LogP contribution >= 0.6 is 0 Å². The zero-order valence-corrected chi connectivity index (χ0v) is 9.85. The number of carbonyl (C=O) groups excluding carboxylic acids is 1. The van der Waals surface area contributed by atoms with Gasteiger partial charge in [0.05, 0.1) is 11.5 Å². The maximum Gasteiger partial charge on any atom is 0.508 e. The van der Waals surface area contributed by atoms with Crippen LogP contribution in [0.15, 0.2) is 30.3 Å². The molecular weight excluding hydrogens is 244 g/mol. The zero-order valence-electron chi connectivity index (χ0n) is 9.03. The molecule has 2 rings (SSSR count). The van der Waals surface area contributed by atoms with Crippen molar-refractivity contribution in [2.75, 3.05) is 12.4 Å². The number of benzene rings is 1. The van der Waals surface area contributed by atoms with Crippen LogP contribution in [0.3, 0.4) is 0 Å². The first-order chi connectivity index (χ1) is 8.05. The molecule has 1 fully saturated rings. The summed E-state index contributed by atoms with van der Waals surface area (Å²) in [5.41, 5.74) is 0.720. The fraction of sp³-hybridized carbons (Fsp3) is 0.364. The monoisotopic (exact) mass is 256 g/mol. The van der Waals surface area contributed by atoms with Crippen LogP contribution < -0.4 is 0 Å². The van der Waals surface area contributed by atoms with Crippen molar-refractivity contribution in [3.63, 3.8) is 0 Å². The zero-order chi connectivity index (χ0) is 12.3. The predicted octanol–water partition coefficient (Wildman–Crippen LogP) is 1.14. The fourth-order valence-corrected chi connectivity index (χ4v) is 3.17. The molecule has 1 saturated heterocycles. The second-order valence-corrected chi connectivity index (χ2v) is 5.95. The number of ether oxygens (including phenoxy) is 2. The van der Waals surface area contributed by atoms with E-state index in [1.54, 1.807) is 24.3 Å². The van der Waals surface area contributed by atoms with Crippen molar-refractivity contribution in [3.8, 4) is 0 Å². The molecule has 0 bridgehead atoms. The molecule has 0 radical (unpaired) electrons. The third-order valence-electron chi connectivity index (χ3n) is 2.32. The molecule has 0 aliphatic carbocycles. The van der Waals surface area contributed by atoms with Crippen molar-refractivity contribution in [2.24, 2.45) is 0 Å². The van der Waals surface area contributed by atoms with Gasteiger partial charge < -0.3 is 9.47 Å². The van der Waals surface area contributed by atoms with Crippen molar-refractivity contribution in [3.05, 3.63) is 35.9 Å². The van der Waals surface area contributed by atoms with Gasteiger partial charge in [-0.2, -0.15) is 0 Å². The standard InChI is InChI=1S/C11H12O5S/c12-11-15-6-10(16-11)8-17(13,14)7-9-4-2-1-3-5-9/h1-5,10H,6-8H2. The molecule has 1 atom stereocenters. The first-order valence-corrected chi connectivity index (χ1v) is 6.95. The van der Waals surface area contributed by atoms with E-state index in [4.69, 9.17) is 4.74 Å². The van der Waals surface area contributed by atoms with Crippen LogP contribution in [-0.4, -0.2) is 33.0 Å². The Morgan fingerprint density at radius 1 is 1.24 bits per heavy atom. The Kier molecular flexibility index (Phi) is 3.33. The molecule has 0 amide bonds. The lowest BCUT2D eigenvalue weighted by Gasteiger charge is -2.07. The summed E-state index contributed by atoms with van der Waals surface area (Å²) in [4.78, 5) is 10.7. The highest BCUT2D eigenvalue weighted by molar-refractivity contribution is 7.90. The van der Waals surface area contributed by atoms with Crippen LogP contribution in [0.5, 0.6) is 0 Å². The summed E-state index contributed by atoms with van der Waals surface area (Å²) in [5, 5.41) is 0. The number of hydrogen-bond donors (Lipinski definition) is 0. The molecule has 0 N–H and O–H groups in total. The van der Waals surface area contributed by atoms with E-state index in [1.807, 2.05) is 6.07 Å². The minimum absolute atomic E-state index is 0.00680. The van der Waals surface area contributed by atoms with Gasteiger partial charge in [0.15, 0.2) is 15.9 Å². The maximum atomic E-state index is 11.8. The smallest absolute Gasteiger partial charge is 0.430 e. The van der Waals surface area contributed by atoms with Crippen LogP contribution in [0, 0.1) is 0 Å². The van der Waals surface area contributed by atoms with E-state index < -0.39 is 22.1 Å². The Bertz CT molecular complexity index is 494. The minimum atomic E-state index is -3.30. The Hall–Kier alpha value is -1.56. The third kappa shape index (κ3) is 3.45. The summed E-state index contributed by atoms with van der Waals surface area (Å²) in [6.07, 6.45) is -1.49. The summed E-state index contributed by atoms with van der Waals surface area (Å²) in [6.45, 7) is 0.00680. The molecule has 6 heteroatoms. The quantitative estimate of drug-likeness (QED) is 0.755. The lowest BCUT2D eigenvalue weighted by atomic mass is 10.2. The van der Waals surface area contributed by atoms with Gasteiger partial charge in [-0.1, -0.05) is 30.3 Å². The Labute approximate surface area is 99.3 Å². The fourth-order valence-electron chi connectivity index (χ4n) is 1.62. The van der Waals surface area contributed by atoms with Crippen molar-refractivity contribution in [2.45, 2.75) is 11.9 Å². The molecule has 0 spiro atoms. The van der Waals surface area contributed by atoms with Crippen molar-refractivity contribution >= 4 is 16.0 Å². The van der Waals surface area contributed by atoms with Gasteiger partial charge in [-0.15, -0.1) is 0 Å². The number of carbonyl (C=O) groups is 1. The van der Waals surface area contributed by atoms with E-state index >= 15 is 0 Å². The molecule has 92 valence electrons. The third-order valence-corrected chi connectivity index (χ3v) is 3.97. The molecule has 1 heterocycles. The Morgan fingerprint density at radius 2 is 1.94 bits per heavy atom. The van der Waals surface area contributed by atoms with Gasteiger partial charge in [0.25, 0.3) is 0 Å². The maximum absolute atomic E-state index is 11.8. The summed E-state index contributed by atoms with van der Waals surface area (Å²) in [5.74, 6) is -0.254. The SMILES string of the molecule is O=C1OCC(CS(=O)(=O)Cc2ccccc2)O1. The molecule has 0 saturated carbocycles. The number of cyclic esters (lactones) is 2. The minimum Gasteiger partial charge on any atom is -0.430 e. The van der Waals surface area contributed by atoms with Gasteiger partial charge in [0.1, 0.15) is 6.61 Å². The van der Waals surface area contributed by atoms with E-state index in [1.165, 1.54) is 0 Å².